The third kappa shape index (κ3) is 29.4. The summed E-state index contributed by atoms with van der Waals surface area (Å²) in [7, 11) is 0. The molecule has 12 aromatic rings. The Kier molecular flexibility index (Phi) is 36.2. The first-order valence-electron chi connectivity index (χ1n) is 51.3. The topological polar surface area (TPSA) is 417 Å². The van der Waals surface area contributed by atoms with E-state index < -0.39 is 11.9 Å². The van der Waals surface area contributed by atoms with Crippen molar-refractivity contribution >= 4 is 139 Å². The number of hydrogen-bond acceptors (Lipinski definition) is 29. The van der Waals surface area contributed by atoms with Crippen molar-refractivity contribution in [1.29, 1.82) is 0 Å². The van der Waals surface area contributed by atoms with E-state index in [0.717, 1.165) is 231 Å². The summed E-state index contributed by atoms with van der Waals surface area (Å²) in [6.07, 6.45) is 12.2. The zero-order valence-corrected chi connectivity index (χ0v) is 84.4. The Labute approximate surface area is 866 Å². The molecule has 11 heterocycles. The van der Waals surface area contributed by atoms with E-state index in [4.69, 9.17) is 23.7 Å². The van der Waals surface area contributed by atoms with Crippen LogP contribution in [0.2, 0.25) is 0 Å². The van der Waals surface area contributed by atoms with Crippen molar-refractivity contribution in [2.75, 3.05) is 220 Å². The molecule has 0 spiro atoms. The van der Waals surface area contributed by atoms with Gasteiger partial charge in [-0.3, -0.25) is 33.6 Å². The summed E-state index contributed by atoms with van der Waals surface area (Å²) < 4.78 is 26.1. The molecule has 149 heavy (non-hydrogen) atoms. The van der Waals surface area contributed by atoms with E-state index in [0.29, 0.717) is 94.7 Å². The van der Waals surface area contributed by atoms with Crippen molar-refractivity contribution in [2.24, 2.45) is 29.6 Å². The van der Waals surface area contributed by atoms with Crippen LogP contribution in [0.15, 0.2) is 243 Å². The zero-order valence-electron chi connectivity index (χ0n) is 84.4. The van der Waals surface area contributed by atoms with Crippen LogP contribution >= 0.6 is 0 Å². The molecule has 9 N–H and O–H groups in total. The van der Waals surface area contributed by atoms with Gasteiger partial charge in [0.05, 0.1) is 80.2 Å². The van der Waals surface area contributed by atoms with E-state index in [2.05, 4.69) is 156 Å². The molecule has 1 saturated carbocycles. The van der Waals surface area contributed by atoms with Crippen LogP contribution in [0, 0.1) is 29.6 Å². The number of carbonyl (C=O) groups is 8. The van der Waals surface area contributed by atoms with Gasteiger partial charge in [0.15, 0.2) is 0 Å². The van der Waals surface area contributed by atoms with Crippen molar-refractivity contribution in [3.8, 4) is 45.0 Å². The maximum Gasteiger partial charge on any atom is 0.317 e. The molecule has 774 valence electrons. The number of rotatable bonds is 29. The van der Waals surface area contributed by atoms with Gasteiger partial charge in [-0.15, -0.1) is 0 Å². The van der Waals surface area contributed by atoms with E-state index in [1.54, 1.807) is 43.8 Å². The Hall–Kier alpha value is -16.1. The van der Waals surface area contributed by atoms with Crippen LogP contribution in [-0.2, 0) is 57.2 Å². The van der Waals surface area contributed by atoms with E-state index >= 15 is 0 Å². The Morgan fingerprint density at radius 2 is 0.631 bits per heavy atom. The lowest BCUT2D eigenvalue weighted by atomic mass is 9.84. The lowest BCUT2D eigenvalue weighted by molar-refractivity contribution is -0.145. The molecule has 20 rings (SSSR count). The number of aromatic nitrogens is 8. The van der Waals surface area contributed by atoms with Crippen molar-refractivity contribution in [2.45, 2.75) is 72.6 Å². The predicted molar refractivity (Wildman–Crippen MR) is 577 cm³/mol. The number of piperazine rings is 3. The average Bonchev–Trinajstić information content (AvgIpc) is 1.43. The molecule has 3 unspecified atom stereocenters. The number of esters is 1. The molecule has 8 aliphatic rings. The Balaban J connectivity index is 0.000000136. The van der Waals surface area contributed by atoms with Crippen LogP contribution in [0.1, 0.15) is 72.6 Å². The molecule has 7 saturated heterocycles. The largest absolute Gasteiger partial charge is 0.466 e. The molecule has 0 radical (unpaired) electrons. The second-order valence-corrected chi connectivity index (χ2v) is 37.6. The third-order valence-electron chi connectivity index (χ3n) is 26.9. The Morgan fingerprint density at radius 1 is 0.329 bits per heavy atom. The maximum absolute atomic E-state index is 12.5. The molecule has 8 amide bonds. The van der Waals surface area contributed by atoms with Gasteiger partial charge in [0.1, 0.15) is 6.42 Å². The number of morpholine rings is 1. The quantitative estimate of drug-likeness (QED) is 0.0155. The standard InChI is InChI=1S/C30H34N6O3.C29H34N6O3.C28H33N7O3.C25H27N5O4/c37-28(23-13-19-39-20-23)32-24-6-4-21(5-7-24)27-12-14-31-30(34-27)33-25-8-10-26(11-9-25)35-15-17-36(18-16-35)29(38)22-2-1-3-22;1-20(2)28(37)35-16-14-34(15-17-35)25-9-7-24(8-10-25)32-29-30-13-11-26(33-29)21-3-5-23(6-4-21)31-27(36)22-12-18-38-19-22;1-2-29-28(37)35-16-14-34(15-17-35)24-9-7-23(8-10-24)32-27-30-13-11-25(33-27)20-3-5-22(6-4-20)31-26(36)21-12-18-38-19-21;1-2-34-24(32)17-23(31)27-19-5-3-18(4-6-19)22-11-12-26-25(29-22)28-20-7-9-21(10-8-20)30-13-15-33-16-14-30/h4-12,14,22-23H,1-3,13,15-20H2,(H,32,37)(H,31,33,34);3-11,13,20,22H,12,14-19H2,1-2H3,(H,31,36)(H,30,32,33);3-11,13,21H,2,12,14-19H2,1H3,(H,29,37)(H,31,36)(H,30,32,33);3-12H,2,13-17H2,1H3,(H,27,31)(H,26,28,29). The highest BCUT2D eigenvalue weighted by Crippen LogP contribution is 2.35. The normalized spacial score (nSPS) is 17.0. The van der Waals surface area contributed by atoms with Gasteiger partial charge in [-0.05, 0) is 216 Å². The number of nitrogens with one attached hydrogen (secondary N) is 9. The zero-order chi connectivity index (χ0) is 103. The minimum Gasteiger partial charge on any atom is -0.466 e. The first kappa shape index (κ1) is 104. The predicted octanol–water partition coefficient (Wildman–Crippen LogP) is 15.8. The van der Waals surface area contributed by atoms with Gasteiger partial charge in [0.25, 0.3) is 0 Å². The highest BCUT2D eigenvalue weighted by Gasteiger charge is 2.33. The number of hydrogen-bond donors (Lipinski definition) is 9. The van der Waals surface area contributed by atoms with Crippen LogP contribution in [-0.4, -0.2) is 260 Å². The molecule has 8 fully saturated rings. The lowest BCUT2D eigenvalue weighted by Crippen LogP contribution is -2.51. The van der Waals surface area contributed by atoms with Crippen molar-refractivity contribution in [1.82, 2.24) is 59.9 Å². The summed E-state index contributed by atoms with van der Waals surface area (Å²) in [6, 6.07) is 70.4. The third-order valence-corrected chi connectivity index (χ3v) is 26.9. The smallest absolute Gasteiger partial charge is 0.317 e. The molecule has 37 nitrogen and oxygen atoms in total. The second kappa shape index (κ2) is 51.8. The number of carbonyl (C=O) groups excluding carboxylic acids is 8. The minimum absolute atomic E-state index is 0.00102. The molecule has 37 heteroatoms. The van der Waals surface area contributed by atoms with Crippen LogP contribution < -0.4 is 67.5 Å². The number of benzene rings is 8. The fourth-order valence-electron chi connectivity index (χ4n) is 18.2. The molecular formula is C112H128N24O13. The number of urea groups is 1. The molecular weight excluding hydrogens is 1890 g/mol. The van der Waals surface area contributed by atoms with E-state index in [9.17, 15) is 38.4 Å². The second-order valence-electron chi connectivity index (χ2n) is 37.6. The maximum atomic E-state index is 12.5. The monoisotopic (exact) mass is 2020 g/mol. The van der Waals surface area contributed by atoms with Gasteiger partial charge in [-0.25, -0.2) is 44.7 Å². The minimum atomic E-state index is -0.548. The summed E-state index contributed by atoms with van der Waals surface area (Å²) in [6.45, 7) is 24.6. The molecule has 3 atom stereocenters. The SMILES string of the molecule is CC(C)C(=O)N1CCN(c2ccc(Nc3nccc(-c4ccc(NC(=O)C5CCOC5)cc4)n3)cc2)CC1.CCNC(=O)N1CCN(c2ccc(Nc3nccc(-c4ccc(NC(=O)C5CCOC5)cc4)n3)cc2)CC1.CCOC(=O)CC(=O)Nc1ccc(-c2ccnc(Nc3ccc(N4CCOCC4)cc3)n2)cc1.O=C(Nc1ccc(-c2ccnc(Nc3ccc(N4CCN(C(=O)C5CCC5)CC4)cc3)n2)cc1)C1CCOC1. The van der Waals surface area contributed by atoms with Gasteiger partial charge in [0, 0.05) is 245 Å². The average molecular weight is 2020 g/mol. The summed E-state index contributed by atoms with van der Waals surface area (Å²) in [5, 5.41) is 27.5. The summed E-state index contributed by atoms with van der Waals surface area (Å²) in [5.41, 5.74) is 17.8. The van der Waals surface area contributed by atoms with Gasteiger partial charge in [-0.1, -0.05) is 68.8 Å². The van der Waals surface area contributed by atoms with E-state index in [-0.39, 0.29) is 72.3 Å². The highest BCUT2D eigenvalue weighted by molar-refractivity contribution is 6.02. The molecule has 7 aliphatic heterocycles. The van der Waals surface area contributed by atoms with Crippen molar-refractivity contribution < 1.29 is 62.0 Å². The van der Waals surface area contributed by atoms with Gasteiger partial charge in [0.2, 0.25) is 59.2 Å². The van der Waals surface area contributed by atoms with Crippen LogP contribution in [0.4, 0.5) is 96.8 Å². The molecule has 8 aromatic carbocycles. The lowest BCUT2D eigenvalue weighted by Gasteiger charge is -2.39. The van der Waals surface area contributed by atoms with Crippen molar-refractivity contribution in [3.63, 3.8) is 0 Å². The Morgan fingerprint density at radius 3 is 0.919 bits per heavy atom. The number of nitrogens with zero attached hydrogens (tertiary/aromatic N) is 15. The fraction of sp³-hybridized carbons (Fsp3) is 0.357. The summed E-state index contributed by atoms with van der Waals surface area (Å²) >= 11 is 0. The Bertz CT molecular complexity index is 6450. The van der Waals surface area contributed by atoms with Crippen LogP contribution in [0.3, 0.4) is 0 Å². The van der Waals surface area contributed by atoms with E-state index in [1.165, 1.54) is 6.42 Å². The number of amides is 8. The fourth-order valence-corrected chi connectivity index (χ4v) is 18.2. The molecule has 1 aliphatic carbocycles. The van der Waals surface area contributed by atoms with Crippen LogP contribution in [0.25, 0.3) is 45.0 Å². The highest BCUT2D eigenvalue weighted by atomic mass is 16.5. The first-order chi connectivity index (χ1) is 72.8. The number of ether oxygens (including phenoxy) is 5. The van der Waals surface area contributed by atoms with Gasteiger partial charge < -0.3 is 106 Å². The first-order valence-corrected chi connectivity index (χ1v) is 51.3. The van der Waals surface area contributed by atoms with E-state index in [1.807, 2.05) is 193 Å². The molecule has 4 aromatic heterocycles. The van der Waals surface area contributed by atoms with Gasteiger partial charge >= 0.3 is 12.0 Å². The summed E-state index contributed by atoms with van der Waals surface area (Å²) in [4.78, 5) is 148. The van der Waals surface area contributed by atoms with Crippen molar-refractivity contribution in [3.05, 3.63) is 243 Å². The number of anilines is 16. The van der Waals surface area contributed by atoms with Crippen LogP contribution in [0.5, 0.6) is 0 Å². The van der Waals surface area contributed by atoms with Gasteiger partial charge in [-0.2, -0.15) is 0 Å². The summed E-state index contributed by atoms with van der Waals surface area (Å²) in [5.74, 6) is 1.70. The molecule has 0 bridgehead atoms.